The SMILES string of the molecule is C.C.C.C.[2H]C([2H])(C)C(C)(C)C.[2H]C([2H])(C)CC(C)C.[2H]C1(C)CCC1.[2H]C1(C)CCCC1.[2H]C1(C)CCCCC1.[2H]C1(C)CCCCCC1.[2H]C1([2H])C([2H])(C)C([2H])([2H])[C@]([2H])(C)C1([2H])[2H].[2H]C1([2H])C([2H])([2H])C([2H])([2H])[C@@]([2H])(C)C([2H])([2H])C([2H])([2H])C1([2H])C.[2H]C1([2H])C([2H])([2H])C([2H])([2H])[C@@]([2H])(C)C([2H])([2H])C1([2H])C.[2H]C1([2H])C([2H])([2H])[C@@]([2H])(C)C1([2H])C. The van der Waals surface area contributed by atoms with E-state index in [-0.39, 0.29) is 58.7 Å². The predicted octanol–water partition coefficient (Wildman–Crippen LogP) is 27.5. The van der Waals surface area contributed by atoms with E-state index in [0.717, 1.165) is 79.1 Å². The molecule has 8 aliphatic rings. The lowest BCUT2D eigenvalue weighted by atomic mass is 9.77. The van der Waals surface area contributed by atoms with E-state index in [4.69, 9.17) is 60.3 Å². The first kappa shape index (κ1) is 30.0. The molecule has 0 heteroatoms. The van der Waals surface area contributed by atoms with Gasteiger partial charge < -0.3 is 0 Å². The van der Waals surface area contributed by atoms with Crippen molar-refractivity contribution in [3.8, 4) is 0 Å². The highest BCUT2D eigenvalue weighted by atomic mass is 14.3. The maximum absolute atomic E-state index is 7.96. The van der Waals surface area contributed by atoms with Crippen molar-refractivity contribution in [1.82, 2.24) is 0 Å². The lowest BCUT2D eigenvalue weighted by Gasteiger charge is -2.29. The Kier molecular flexibility index (Phi) is 22.6. The maximum Gasteiger partial charge on any atom is 0.0303 e. The first-order valence-electron chi connectivity index (χ1n) is 48.0. The molecule has 0 bridgehead atoms. The molecular formula is C72H156. The van der Waals surface area contributed by atoms with Crippen LogP contribution in [0, 0.1) is 82.1 Å². The van der Waals surface area contributed by atoms with Gasteiger partial charge in [-0.15, -0.1) is 0 Å². The molecule has 4 unspecified atom stereocenters. The molecule has 72 heavy (non-hydrogen) atoms. The summed E-state index contributed by atoms with van der Waals surface area (Å²) in [6, 6.07) is 0. The topological polar surface area (TPSA) is 0 Å². The van der Waals surface area contributed by atoms with Crippen molar-refractivity contribution in [2.45, 2.75) is 385 Å². The highest BCUT2D eigenvalue weighted by molar-refractivity contribution is 4.72. The van der Waals surface area contributed by atoms with Crippen LogP contribution in [0.3, 0.4) is 0 Å². The second kappa shape index (κ2) is 54.4. The first-order chi connectivity index (χ1) is 48.0. The highest BCUT2D eigenvalue weighted by Gasteiger charge is 2.21. The molecule has 0 aromatic heterocycles. The second-order valence-electron chi connectivity index (χ2n) is 20.6. The maximum atomic E-state index is 7.96. The van der Waals surface area contributed by atoms with E-state index in [2.05, 4.69) is 6.92 Å². The standard InChI is InChI=1S/C9H18.2C8H16.2C7H14.2C6H12.2C6H14.C5H10.4CH4/c1-8-4-3-5-9(2)7-6-8;1-7-4-3-5-8(2)6-7;1-8-6-4-2-3-5-7-8;1-6-3-4-7(2)5-6;1-7-5-3-2-4-6-7;1-5-3-4-6(5)2;1-6-4-2-3-5-6;1-5-6(2,3)4;1-4-5-6(2)3;1-5-3-2-4-5;;;;/h8-9H,3-7H2,1-2H3;7-8H,3-6H2,1-2H3;8H,2-7H2,1H3;6-7H,3-5H2,1-2H3;7H,2-6H2,1H3;5-6H,3-4H2,1-2H3;6H,2-5H2,1H3;5H2,1-4H3;6H,4-5H2,1-3H3;5H,2-4H2,1H3;4*1H4/t8-,9?;7-,8?;;6-,7?;;5-,6?;;;;;;;;/m11.1.1......../s1/i3D2,4D2,5D2,6D2,7D2,8D,9D;3D2,4D2,5D2,6D2,7D,8D;8D;3D2,4D2,5D2,6D,7D;7D;3D2,4D2,5D,6D;6D;5D2;4D2;5D;;;;. The van der Waals surface area contributed by atoms with Crippen molar-refractivity contribution in [1.29, 1.82) is 0 Å². The van der Waals surface area contributed by atoms with E-state index in [1.165, 1.54) is 78.1 Å². The normalized spacial score (nSPS) is 57.1. The van der Waals surface area contributed by atoms with Gasteiger partial charge in [-0.25, -0.2) is 0 Å². The molecule has 0 N–H and O–H groups in total. The Labute approximate surface area is 527 Å². The molecule has 8 aliphatic carbocycles. The number of hydrogen-bond donors (Lipinski definition) is 0. The van der Waals surface area contributed by atoms with E-state index in [0.29, 0.717) is 26.2 Å². The Morgan fingerprint density at radius 2 is 0.611 bits per heavy atom. The van der Waals surface area contributed by atoms with Gasteiger partial charge in [-0.3, -0.25) is 0 Å². The van der Waals surface area contributed by atoms with E-state index < -0.39 is 149 Å². The Balaban J connectivity index is -0.000000296. The molecule has 444 valence electrons. The molecule has 0 heterocycles. The Bertz CT molecular complexity index is 2500. The van der Waals surface area contributed by atoms with E-state index in [1.54, 1.807) is 13.8 Å². The average molecular weight is 1070 g/mol. The molecule has 0 spiro atoms. The zero-order valence-electron chi connectivity index (χ0n) is 91.5. The summed E-state index contributed by atoms with van der Waals surface area (Å²) in [5, 5.41) is 0. The number of rotatable bonds is 2. The minimum Gasteiger partial charge on any atom is -0.0776 e. The average Bonchev–Trinajstić information content (AvgIpc) is 1.03. The van der Waals surface area contributed by atoms with Crippen molar-refractivity contribution in [2.24, 2.45) is 82.1 Å². The fourth-order valence-electron chi connectivity index (χ4n) is 6.28. The summed E-state index contributed by atoms with van der Waals surface area (Å²) in [7, 11) is 0. The molecule has 0 nitrogen and oxygen atoms in total. The Hall–Kier alpha value is 0. The summed E-state index contributed by atoms with van der Waals surface area (Å²) in [5.74, 6) is -18.8. The van der Waals surface area contributed by atoms with Crippen LogP contribution in [0.25, 0.3) is 0 Å². The van der Waals surface area contributed by atoms with Crippen molar-refractivity contribution in [3.63, 3.8) is 0 Å². The smallest absolute Gasteiger partial charge is 0.0303 e. The lowest BCUT2D eigenvalue weighted by Crippen LogP contribution is -2.18. The van der Waals surface area contributed by atoms with E-state index in [1.807, 2.05) is 55.4 Å². The van der Waals surface area contributed by atoms with E-state index in [9.17, 15) is 0 Å². The molecule has 8 fully saturated rings. The molecule has 0 aromatic carbocycles. The summed E-state index contributed by atoms with van der Waals surface area (Å²) < 4.78 is 335. The van der Waals surface area contributed by atoms with Crippen LogP contribution in [0.15, 0.2) is 0 Å². The van der Waals surface area contributed by atoms with Gasteiger partial charge in [0.25, 0.3) is 0 Å². The molecule has 0 amide bonds. The fraction of sp³-hybridized carbons (Fsp3) is 1.00. The van der Waals surface area contributed by atoms with Crippen molar-refractivity contribution >= 4 is 0 Å². The third-order valence-electron chi connectivity index (χ3n) is 11.3. The quantitative estimate of drug-likeness (QED) is 0.242. The third-order valence-corrected chi connectivity index (χ3v) is 11.3. The van der Waals surface area contributed by atoms with Crippen LogP contribution >= 0.6 is 0 Å². The van der Waals surface area contributed by atoms with Gasteiger partial charge >= 0.3 is 0 Å². The van der Waals surface area contributed by atoms with Crippen molar-refractivity contribution < 1.29 is 60.3 Å². The van der Waals surface area contributed by atoms with Crippen LogP contribution in [0.2, 0.25) is 0 Å². The summed E-state index contributed by atoms with van der Waals surface area (Å²) in [6.45, 7) is 28.8. The second-order valence-corrected chi connectivity index (χ2v) is 20.6. The molecule has 0 aromatic rings. The van der Waals surface area contributed by atoms with Gasteiger partial charge in [-0.05, 0) is 94.8 Å². The highest BCUT2D eigenvalue weighted by Crippen LogP contribution is 2.33. The molecule has 0 aliphatic heterocycles. The van der Waals surface area contributed by atoms with Crippen LogP contribution in [0.1, 0.15) is 446 Å². The molecule has 0 saturated heterocycles. The van der Waals surface area contributed by atoms with Crippen LogP contribution < -0.4 is 0 Å². The summed E-state index contributed by atoms with van der Waals surface area (Å²) >= 11 is 0. The lowest BCUT2D eigenvalue weighted by molar-refractivity contribution is 0.219. The first-order valence-corrected chi connectivity index (χ1v) is 26.0. The molecule has 8 atom stereocenters. The zero-order chi connectivity index (χ0) is 91.5. The molecular weight excluding hydrogens is 865 g/mol. The van der Waals surface area contributed by atoms with Gasteiger partial charge in [0, 0.05) is 60.3 Å². The molecule has 8 saturated carbocycles. The minimum atomic E-state index is -3.45. The zero-order valence-corrected chi connectivity index (χ0v) is 47.5. The van der Waals surface area contributed by atoms with Gasteiger partial charge in [0.15, 0.2) is 0 Å². The third kappa shape index (κ3) is 59.2. The fourth-order valence-corrected chi connectivity index (χ4v) is 6.28. The molecule has 8 rings (SSSR count). The van der Waals surface area contributed by atoms with Gasteiger partial charge in [0.2, 0.25) is 0 Å². The Morgan fingerprint density at radius 1 is 0.375 bits per heavy atom. The molecule has 0 radical (unpaired) electrons. The van der Waals surface area contributed by atoms with Crippen LogP contribution in [0.4, 0.5) is 0 Å². The number of hydrogen-bond acceptors (Lipinski definition) is 0. The van der Waals surface area contributed by atoms with Crippen LogP contribution in [0.5, 0.6) is 0 Å². The summed E-state index contributed by atoms with van der Waals surface area (Å²) in [6.07, 6.45) is -20.9. The van der Waals surface area contributed by atoms with Crippen LogP contribution in [-0.4, -0.2) is 0 Å². The van der Waals surface area contributed by atoms with Gasteiger partial charge in [-0.2, -0.15) is 0 Å². The predicted molar refractivity (Wildman–Crippen MR) is 344 cm³/mol. The van der Waals surface area contributed by atoms with E-state index >= 15 is 0 Å². The van der Waals surface area contributed by atoms with Crippen LogP contribution in [-0.2, 0) is 0 Å². The minimum absolute atomic E-state index is 0. The van der Waals surface area contributed by atoms with Gasteiger partial charge in [0.05, 0.1) is 0 Å². The van der Waals surface area contributed by atoms with Gasteiger partial charge in [-0.1, -0.05) is 372 Å². The van der Waals surface area contributed by atoms with Crippen molar-refractivity contribution in [2.75, 3.05) is 0 Å². The summed E-state index contributed by atoms with van der Waals surface area (Å²) in [4.78, 5) is 0. The largest absolute Gasteiger partial charge is 0.0776 e. The monoisotopic (exact) mass is 1070 g/mol. The van der Waals surface area contributed by atoms with Crippen molar-refractivity contribution in [3.05, 3.63) is 0 Å². The Morgan fingerprint density at radius 3 is 0.806 bits per heavy atom. The van der Waals surface area contributed by atoms with Gasteiger partial charge in [0.1, 0.15) is 0 Å². The summed E-state index contributed by atoms with van der Waals surface area (Å²) in [5.41, 5.74) is -0.229.